The lowest BCUT2D eigenvalue weighted by Gasteiger charge is -2.49. The van der Waals surface area contributed by atoms with E-state index in [0.29, 0.717) is 12.5 Å². The molecule has 2 saturated heterocycles. The summed E-state index contributed by atoms with van der Waals surface area (Å²) >= 11 is 0. The van der Waals surface area contributed by atoms with Crippen LogP contribution in [-0.4, -0.2) is 48.0 Å². The zero-order valence-electron chi connectivity index (χ0n) is 10.0. The molecule has 3 nitrogen and oxygen atoms in total. The van der Waals surface area contributed by atoms with Gasteiger partial charge < -0.3 is 9.84 Å². The van der Waals surface area contributed by atoms with Gasteiger partial charge in [-0.05, 0) is 25.7 Å². The molecule has 0 bridgehead atoms. The predicted octanol–water partition coefficient (Wildman–Crippen LogP) is 1.40. The van der Waals surface area contributed by atoms with Crippen LogP contribution in [-0.2, 0) is 4.74 Å². The highest BCUT2D eigenvalue weighted by molar-refractivity contribution is 4.96. The van der Waals surface area contributed by atoms with E-state index in [-0.39, 0.29) is 5.60 Å². The first-order valence-electron chi connectivity index (χ1n) is 6.80. The van der Waals surface area contributed by atoms with E-state index in [1.807, 2.05) is 0 Å². The van der Waals surface area contributed by atoms with Crippen molar-refractivity contribution in [1.82, 2.24) is 4.90 Å². The molecule has 0 aromatic carbocycles. The molecule has 2 aliphatic heterocycles. The third-order valence-corrected chi connectivity index (χ3v) is 4.74. The summed E-state index contributed by atoms with van der Waals surface area (Å²) < 4.78 is 6.05. The molecule has 0 radical (unpaired) electrons. The molecule has 3 heteroatoms. The number of hydrogen-bond acceptors (Lipinski definition) is 3. The molecule has 1 saturated carbocycles. The molecule has 0 aromatic heterocycles. The third-order valence-electron chi connectivity index (χ3n) is 4.74. The number of aliphatic hydroxyl groups excluding tert-OH is 1. The van der Waals surface area contributed by atoms with Crippen LogP contribution in [0, 0.1) is 5.92 Å². The maximum atomic E-state index is 9.06. The number of nitrogens with zero attached hydrogens (tertiary/aromatic N) is 1. The van der Waals surface area contributed by atoms with Crippen LogP contribution in [0.3, 0.4) is 0 Å². The summed E-state index contributed by atoms with van der Waals surface area (Å²) in [7, 11) is 0. The van der Waals surface area contributed by atoms with Crippen molar-refractivity contribution in [2.45, 2.75) is 50.2 Å². The van der Waals surface area contributed by atoms with Crippen molar-refractivity contribution in [2.75, 3.05) is 26.3 Å². The number of hydrogen-bond donors (Lipinski definition) is 1. The standard InChI is InChI=1S/C13H23NO2/c15-10-11-8-14(9-11)12-3-6-16-13(7-12)4-1-2-5-13/h11-12,15H,1-10H2. The Balaban J connectivity index is 1.56. The molecule has 1 aliphatic carbocycles. The van der Waals surface area contributed by atoms with Crippen LogP contribution >= 0.6 is 0 Å². The fourth-order valence-corrected chi connectivity index (χ4v) is 3.70. The second-order valence-electron chi connectivity index (χ2n) is 5.89. The molecule has 1 N–H and O–H groups in total. The van der Waals surface area contributed by atoms with Gasteiger partial charge in [-0.25, -0.2) is 0 Å². The van der Waals surface area contributed by atoms with Crippen LogP contribution in [0.2, 0.25) is 0 Å². The van der Waals surface area contributed by atoms with Crippen molar-refractivity contribution in [1.29, 1.82) is 0 Å². The van der Waals surface area contributed by atoms with Crippen molar-refractivity contribution < 1.29 is 9.84 Å². The maximum Gasteiger partial charge on any atom is 0.0697 e. The highest BCUT2D eigenvalue weighted by atomic mass is 16.5. The van der Waals surface area contributed by atoms with Crippen molar-refractivity contribution in [2.24, 2.45) is 5.92 Å². The number of rotatable bonds is 2. The molecular formula is C13H23NO2. The van der Waals surface area contributed by atoms with E-state index in [0.717, 1.165) is 25.7 Å². The molecule has 1 spiro atoms. The molecule has 92 valence electrons. The van der Waals surface area contributed by atoms with Crippen LogP contribution in [0.4, 0.5) is 0 Å². The van der Waals surface area contributed by atoms with E-state index in [4.69, 9.17) is 9.84 Å². The molecule has 0 amide bonds. The monoisotopic (exact) mass is 225 g/mol. The van der Waals surface area contributed by atoms with Gasteiger partial charge in [0.25, 0.3) is 0 Å². The van der Waals surface area contributed by atoms with Crippen molar-refractivity contribution in [3.05, 3.63) is 0 Å². The largest absolute Gasteiger partial charge is 0.396 e. The van der Waals surface area contributed by atoms with Gasteiger partial charge in [0.1, 0.15) is 0 Å². The Morgan fingerprint density at radius 2 is 2.00 bits per heavy atom. The Morgan fingerprint density at radius 3 is 2.69 bits per heavy atom. The first-order chi connectivity index (χ1) is 7.81. The zero-order chi connectivity index (χ0) is 11.0. The highest BCUT2D eigenvalue weighted by Crippen LogP contribution is 2.42. The second kappa shape index (κ2) is 4.28. The summed E-state index contributed by atoms with van der Waals surface area (Å²) in [6.07, 6.45) is 7.70. The Bertz CT molecular complexity index is 244. The molecule has 16 heavy (non-hydrogen) atoms. The average Bonchev–Trinajstić information content (AvgIpc) is 2.65. The van der Waals surface area contributed by atoms with E-state index in [1.54, 1.807) is 0 Å². The summed E-state index contributed by atoms with van der Waals surface area (Å²) in [5.41, 5.74) is 0.243. The molecule has 0 aromatic rings. The van der Waals surface area contributed by atoms with Gasteiger partial charge in [0, 0.05) is 38.3 Å². The summed E-state index contributed by atoms with van der Waals surface area (Å²) in [6, 6.07) is 0.731. The first kappa shape index (κ1) is 11.0. The lowest BCUT2D eigenvalue weighted by atomic mass is 9.85. The fraction of sp³-hybridized carbons (Fsp3) is 1.00. The van der Waals surface area contributed by atoms with Crippen molar-refractivity contribution >= 4 is 0 Å². The molecule has 3 rings (SSSR count). The second-order valence-corrected chi connectivity index (χ2v) is 5.89. The minimum Gasteiger partial charge on any atom is -0.396 e. The van der Waals surface area contributed by atoms with Gasteiger partial charge in [0.15, 0.2) is 0 Å². The highest BCUT2D eigenvalue weighted by Gasteiger charge is 2.43. The summed E-state index contributed by atoms with van der Waals surface area (Å²) in [6.45, 7) is 3.53. The Morgan fingerprint density at radius 1 is 1.25 bits per heavy atom. The van der Waals surface area contributed by atoms with Gasteiger partial charge in [0.05, 0.1) is 5.60 Å². The summed E-state index contributed by atoms with van der Waals surface area (Å²) in [4.78, 5) is 2.56. The number of likely N-dealkylation sites (tertiary alicyclic amines) is 1. The van der Waals surface area contributed by atoms with Crippen LogP contribution in [0.25, 0.3) is 0 Å². The van der Waals surface area contributed by atoms with E-state index in [9.17, 15) is 0 Å². The van der Waals surface area contributed by atoms with Gasteiger partial charge >= 0.3 is 0 Å². The summed E-state index contributed by atoms with van der Waals surface area (Å²) in [5.74, 6) is 0.544. The van der Waals surface area contributed by atoms with Crippen LogP contribution < -0.4 is 0 Å². The van der Waals surface area contributed by atoms with Gasteiger partial charge in [-0.15, -0.1) is 0 Å². The SMILES string of the molecule is OCC1CN(C2CCOC3(CCCC3)C2)C1. The number of ether oxygens (including phenoxy) is 1. The van der Waals surface area contributed by atoms with E-state index in [1.165, 1.54) is 38.5 Å². The van der Waals surface area contributed by atoms with Crippen molar-refractivity contribution in [3.63, 3.8) is 0 Å². The molecule has 1 atom stereocenters. The van der Waals surface area contributed by atoms with Gasteiger partial charge in [0.2, 0.25) is 0 Å². The lowest BCUT2D eigenvalue weighted by molar-refractivity contribution is -0.118. The molecule has 3 aliphatic rings. The Labute approximate surface area is 97.8 Å². The van der Waals surface area contributed by atoms with Gasteiger partial charge in [-0.2, -0.15) is 0 Å². The lowest BCUT2D eigenvalue weighted by Crippen LogP contribution is -2.57. The third kappa shape index (κ3) is 1.89. The topological polar surface area (TPSA) is 32.7 Å². The quantitative estimate of drug-likeness (QED) is 0.771. The fourth-order valence-electron chi connectivity index (χ4n) is 3.70. The minimum atomic E-state index is 0.243. The maximum absolute atomic E-state index is 9.06. The van der Waals surface area contributed by atoms with E-state index in [2.05, 4.69) is 4.90 Å². The summed E-state index contributed by atoms with van der Waals surface area (Å²) in [5, 5.41) is 9.06. The Hall–Kier alpha value is -0.120. The first-order valence-corrected chi connectivity index (χ1v) is 6.80. The normalized spacial score (nSPS) is 35.4. The smallest absolute Gasteiger partial charge is 0.0697 e. The Kier molecular flexibility index (Phi) is 2.94. The van der Waals surface area contributed by atoms with Gasteiger partial charge in [-0.1, -0.05) is 12.8 Å². The van der Waals surface area contributed by atoms with Crippen LogP contribution in [0.5, 0.6) is 0 Å². The molecule has 2 heterocycles. The molecular weight excluding hydrogens is 202 g/mol. The van der Waals surface area contributed by atoms with Crippen LogP contribution in [0.1, 0.15) is 38.5 Å². The van der Waals surface area contributed by atoms with Gasteiger partial charge in [-0.3, -0.25) is 4.90 Å². The molecule has 1 unspecified atom stereocenters. The molecule has 3 fully saturated rings. The van der Waals surface area contributed by atoms with E-state index >= 15 is 0 Å². The minimum absolute atomic E-state index is 0.243. The predicted molar refractivity (Wildman–Crippen MR) is 62.3 cm³/mol. The number of aliphatic hydroxyl groups is 1. The van der Waals surface area contributed by atoms with Crippen molar-refractivity contribution in [3.8, 4) is 0 Å². The van der Waals surface area contributed by atoms with E-state index < -0.39 is 0 Å². The zero-order valence-corrected chi connectivity index (χ0v) is 10.0. The van der Waals surface area contributed by atoms with Crippen LogP contribution in [0.15, 0.2) is 0 Å². The average molecular weight is 225 g/mol.